The van der Waals surface area contributed by atoms with E-state index in [9.17, 15) is 21.6 Å². The zero-order valence-electron chi connectivity index (χ0n) is 20.2. The van der Waals surface area contributed by atoms with Gasteiger partial charge < -0.3 is 9.64 Å². The molecule has 1 fully saturated rings. The minimum absolute atomic E-state index is 0.118. The lowest BCUT2D eigenvalue weighted by molar-refractivity contribution is -0.139. The zero-order valence-corrected chi connectivity index (χ0v) is 21.9. The van der Waals surface area contributed by atoms with Gasteiger partial charge in [-0.15, -0.1) is 0 Å². The van der Waals surface area contributed by atoms with E-state index in [0.29, 0.717) is 11.4 Å². The van der Waals surface area contributed by atoms with Crippen molar-refractivity contribution in [3.8, 4) is 5.75 Å². The number of piperazine rings is 1. The van der Waals surface area contributed by atoms with Gasteiger partial charge >= 0.3 is 0 Å². The molecule has 2 heterocycles. The topological polar surface area (TPSA) is 104 Å². The molecular formula is C26H27N3O6S2. The zero-order chi connectivity index (χ0) is 26.2. The Kier molecular flexibility index (Phi) is 6.69. The third kappa shape index (κ3) is 4.81. The first-order valence-corrected chi connectivity index (χ1v) is 14.7. The molecular weight excluding hydrogens is 514 g/mol. The van der Waals surface area contributed by atoms with Crippen LogP contribution in [0.15, 0.2) is 88.7 Å². The summed E-state index contributed by atoms with van der Waals surface area (Å²) >= 11 is 0. The molecule has 1 amide bonds. The van der Waals surface area contributed by atoms with E-state index in [1.807, 2.05) is 6.92 Å². The maximum absolute atomic E-state index is 13.5. The second-order valence-corrected chi connectivity index (χ2v) is 12.8. The predicted molar refractivity (Wildman–Crippen MR) is 138 cm³/mol. The number of benzene rings is 3. The number of anilines is 1. The Bertz CT molecular complexity index is 1500. The fourth-order valence-corrected chi connectivity index (χ4v) is 7.41. The second-order valence-electron chi connectivity index (χ2n) is 8.97. The van der Waals surface area contributed by atoms with E-state index in [1.54, 1.807) is 66.7 Å². The van der Waals surface area contributed by atoms with Crippen LogP contribution in [0.2, 0.25) is 0 Å². The molecule has 3 aromatic rings. The minimum atomic E-state index is -3.94. The Morgan fingerprint density at radius 1 is 0.757 bits per heavy atom. The van der Waals surface area contributed by atoms with Crippen molar-refractivity contribution in [1.82, 2.24) is 9.21 Å². The maximum atomic E-state index is 13.5. The van der Waals surface area contributed by atoms with Crippen molar-refractivity contribution in [3.63, 3.8) is 0 Å². The minimum Gasteiger partial charge on any atom is -0.476 e. The van der Waals surface area contributed by atoms with Gasteiger partial charge in [-0.2, -0.15) is 4.31 Å². The quantitative estimate of drug-likeness (QED) is 0.492. The molecule has 0 radical (unpaired) electrons. The number of carbonyl (C=O) groups is 1. The number of para-hydroxylation sites is 2. The van der Waals surface area contributed by atoms with Gasteiger partial charge in [0.25, 0.3) is 15.9 Å². The number of amides is 1. The SMILES string of the molecule is Cc1ccc(S(=O)(=O)N2CCN(C(=O)[C@@H]3CN(S(=O)(=O)c4ccccc4)c4ccccc4O3)CC2)cc1. The molecule has 37 heavy (non-hydrogen) atoms. The van der Waals surface area contributed by atoms with Crippen molar-refractivity contribution >= 4 is 31.6 Å². The summed E-state index contributed by atoms with van der Waals surface area (Å²) < 4.78 is 61.5. The van der Waals surface area contributed by atoms with E-state index in [4.69, 9.17) is 4.74 Å². The molecule has 0 aliphatic carbocycles. The summed E-state index contributed by atoms with van der Waals surface area (Å²) in [5, 5.41) is 0. The van der Waals surface area contributed by atoms with Gasteiger partial charge in [-0.1, -0.05) is 48.0 Å². The van der Waals surface area contributed by atoms with Crippen LogP contribution in [0.5, 0.6) is 5.75 Å². The summed E-state index contributed by atoms with van der Waals surface area (Å²) in [6, 6.07) is 21.4. The maximum Gasteiger partial charge on any atom is 0.265 e. The van der Waals surface area contributed by atoms with Crippen LogP contribution in [0.25, 0.3) is 0 Å². The van der Waals surface area contributed by atoms with E-state index in [-0.39, 0.29) is 48.4 Å². The molecule has 0 bridgehead atoms. The molecule has 2 aliphatic rings. The van der Waals surface area contributed by atoms with Crippen molar-refractivity contribution in [2.45, 2.75) is 22.8 Å². The molecule has 194 valence electrons. The van der Waals surface area contributed by atoms with Gasteiger partial charge in [-0.05, 0) is 43.3 Å². The van der Waals surface area contributed by atoms with Crippen LogP contribution < -0.4 is 9.04 Å². The molecule has 9 nitrogen and oxygen atoms in total. The highest BCUT2D eigenvalue weighted by molar-refractivity contribution is 7.92. The Hall–Kier alpha value is -3.41. The van der Waals surface area contributed by atoms with Crippen LogP contribution in [0.1, 0.15) is 5.56 Å². The summed E-state index contributed by atoms with van der Waals surface area (Å²) in [4.78, 5) is 15.3. The Balaban J connectivity index is 1.33. The standard InChI is InChI=1S/C26H27N3O6S2/c1-20-11-13-22(14-12-20)36(31,32)28-17-15-27(16-18-28)26(30)25-19-29(23-9-5-6-10-24(23)35-25)37(33,34)21-7-3-2-4-8-21/h2-14,25H,15-19H2,1H3/t25-/m0/s1. The smallest absolute Gasteiger partial charge is 0.265 e. The molecule has 1 atom stereocenters. The monoisotopic (exact) mass is 541 g/mol. The Morgan fingerprint density at radius 3 is 2.03 bits per heavy atom. The van der Waals surface area contributed by atoms with E-state index in [1.165, 1.54) is 25.6 Å². The van der Waals surface area contributed by atoms with E-state index in [0.717, 1.165) is 5.56 Å². The first-order chi connectivity index (χ1) is 17.7. The van der Waals surface area contributed by atoms with Crippen molar-refractivity contribution < 1.29 is 26.4 Å². The van der Waals surface area contributed by atoms with Crippen LogP contribution in [-0.2, 0) is 24.8 Å². The first kappa shape index (κ1) is 25.2. The number of rotatable bonds is 5. The average molecular weight is 542 g/mol. The highest BCUT2D eigenvalue weighted by Gasteiger charge is 2.40. The number of nitrogens with zero attached hydrogens (tertiary/aromatic N) is 3. The molecule has 0 spiro atoms. The number of ether oxygens (including phenoxy) is 1. The molecule has 3 aromatic carbocycles. The lowest BCUT2D eigenvalue weighted by atomic mass is 10.2. The fourth-order valence-electron chi connectivity index (χ4n) is 4.49. The molecule has 0 N–H and O–H groups in total. The number of hydrogen-bond donors (Lipinski definition) is 0. The third-order valence-electron chi connectivity index (χ3n) is 6.55. The average Bonchev–Trinajstić information content (AvgIpc) is 2.92. The lowest BCUT2D eigenvalue weighted by Gasteiger charge is -2.39. The second kappa shape index (κ2) is 9.81. The number of fused-ring (bicyclic) bond motifs is 1. The number of hydrogen-bond acceptors (Lipinski definition) is 6. The summed E-state index contributed by atoms with van der Waals surface area (Å²) in [7, 11) is -7.61. The Labute approximate surface area is 217 Å². The van der Waals surface area contributed by atoms with Crippen LogP contribution >= 0.6 is 0 Å². The fraction of sp³-hybridized carbons (Fsp3) is 0.269. The van der Waals surface area contributed by atoms with Crippen molar-refractivity contribution in [2.24, 2.45) is 0 Å². The van der Waals surface area contributed by atoms with Crippen molar-refractivity contribution in [1.29, 1.82) is 0 Å². The largest absolute Gasteiger partial charge is 0.476 e. The summed E-state index contributed by atoms with van der Waals surface area (Å²) in [5.41, 5.74) is 1.33. The molecule has 0 saturated carbocycles. The molecule has 2 aliphatic heterocycles. The van der Waals surface area contributed by atoms with Crippen LogP contribution in [0.4, 0.5) is 5.69 Å². The van der Waals surface area contributed by atoms with Gasteiger partial charge in [0, 0.05) is 26.2 Å². The van der Waals surface area contributed by atoms with Gasteiger partial charge in [-0.3, -0.25) is 9.10 Å². The van der Waals surface area contributed by atoms with E-state index < -0.39 is 26.2 Å². The molecule has 0 unspecified atom stereocenters. The normalized spacial score (nSPS) is 18.7. The summed E-state index contributed by atoms with van der Waals surface area (Å²) in [5.74, 6) is -0.0812. The van der Waals surface area contributed by atoms with Crippen LogP contribution in [0, 0.1) is 6.92 Å². The summed E-state index contributed by atoms with van der Waals surface area (Å²) in [6.07, 6.45) is -1.06. The van der Waals surface area contributed by atoms with Crippen molar-refractivity contribution in [3.05, 3.63) is 84.4 Å². The molecule has 11 heteroatoms. The predicted octanol–water partition coefficient (Wildman–Crippen LogP) is 2.48. The van der Waals surface area contributed by atoms with Gasteiger partial charge in [0.15, 0.2) is 6.10 Å². The van der Waals surface area contributed by atoms with Crippen LogP contribution in [-0.4, -0.2) is 70.8 Å². The molecule has 5 rings (SSSR count). The third-order valence-corrected chi connectivity index (χ3v) is 10.3. The van der Waals surface area contributed by atoms with Gasteiger partial charge in [-0.25, -0.2) is 16.8 Å². The highest BCUT2D eigenvalue weighted by Crippen LogP contribution is 2.37. The first-order valence-electron chi connectivity index (χ1n) is 11.9. The number of sulfonamides is 2. The van der Waals surface area contributed by atoms with E-state index in [2.05, 4.69) is 0 Å². The summed E-state index contributed by atoms with van der Waals surface area (Å²) in [6.45, 7) is 2.33. The van der Waals surface area contributed by atoms with Gasteiger partial charge in [0.2, 0.25) is 10.0 Å². The Morgan fingerprint density at radius 2 is 1.35 bits per heavy atom. The number of carbonyl (C=O) groups excluding carboxylic acids is 1. The van der Waals surface area contributed by atoms with Gasteiger partial charge in [0.1, 0.15) is 5.75 Å². The lowest BCUT2D eigenvalue weighted by Crippen LogP contribution is -2.56. The molecule has 0 aromatic heterocycles. The van der Waals surface area contributed by atoms with Gasteiger partial charge in [0.05, 0.1) is 22.0 Å². The van der Waals surface area contributed by atoms with E-state index >= 15 is 0 Å². The highest BCUT2D eigenvalue weighted by atomic mass is 32.2. The molecule has 1 saturated heterocycles. The van der Waals surface area contributed by atoms with Crippen LogP contribution in [0.3, 0.4) is 0 Å². The number of aryl methyl sites for hydroxylation is 1. The van der Waals surface area contributed by atoms with Crippen molar-refractivity contribution in [2.75, 3.05) is 37.0 Å².